The van der Waals surface area contributed by atoms with Gasteiger partial charge in [-0.1, -0.05) is 40.2 Å². The van der Waals surface area contributed by atoms with Crippen LogP contribution in [-0.4, -0.2) is 0 Å². The Morgan fingerprint density at radius 2 is 1.82 bits per heavy atom. The summed E-state index contributed by atoms with van der Waals surface area (Å²) in [4.78, 5) is 0. The second-order valence-electron chi connectivity index (χ2n) is 4.00. The second kappa shape index (κ2) is 5.50. The van der Waals surface area contributed by atoms with E-state index in [-0.39, 0.29) is 6.04 Å². The van der Waals surface area contributed by atoms with Gasteiger partial charge in [-0.3, -0.25) is 0 Å². The van der Waals surface area contributed by atoms with E-state index >= 15 is 0 Å². The fourth-order valence-electron chi connectivity index (χ4n) is 1.86. The summed E-state index contributed by atoms with van der Waals surface area (Å²) >= 11 is 5.88. The van der Waals surface area contributed by atoms with Crippen molar-refractivity contribution in [3.63, 3.8) is 0 Å². The van der Waals surface area contributed by atoms with Gasteiger partial charge < -0.3 is 5.73 Å². The molecule has 3 heteroatoms. The van der Waals surface area contributed by atoms with E-state index in [1.807, 2.05) is 12.1 Å². The Morgan fingerprint density at radius 1 is 1.12 bits per heavy atom. The molecule has 0 saturated carbocycles. The van der Waals surface area contributed by atoms with Crippen molar-refractivity contribution < 1.29 is 0 Å². The van der Waals surface area contributed by atoms with Crippen molar-refractivity contribution in [3.8, 4) is 0 Å². The van der Waals surface area contributed by atoms with E-state index < -0.39 is 0 Å². The van der Waals surface area contributed by atoms with Crippen LogP contribution in [0, 0.1) is 10.5 Å². The average molecular weight is 402 g/mol. The smallest absolute Gasteiger partial charge is 0.0565 e. The summed E-state index contributed by atoms with van der Waals surface area (Å²) < 4.78 is 2.26. The molecule has 0 aliphatic heterocycles. The zero-order valence-electron chi connectivity index (χ0n) is 9.45. The Balaban J connectivity index is 2.47. The third-order valence-corrected chi connectivity index (χ3v) is 4.21. The minimum absolute atomic E-state index is 0.0831. The minimum atomic E-state index is -0.0831. The van der Waals surface area contributed by atoms with Gasteiger partial charge in [-0.15, -0.1) is 0 Å². The highest BCUT2D eigenvalue weighted by Crippen LogP contribution is 2.29. The average Bonchev–Trinajstić information content (AvgIpc) is 2.32. The lowest BCUT2D eigenvalue weighted by Crippen LogP contribution is -2.14. The molecule has 0 aromatic heterocycles. The van der Waals surface area contributed by atoms with Gasteiger partial charge >= 0.3 is 0 Å². The maximum absolute atomic E-state index is 6.35. The molecule has 0 spiro atoms. The number of benzene rings is 2. The van der Waals surface area contributed by atoms with Crippen LogP contribution in [0.4, 0.5) is 0 Å². The van der Waals surface area contributed by atoms with E-state index in [0.717, 1.165) is 10.0 Å². The highest BCUT2D eigenvalue weighted by atomic mass is 127. The summed E-state index contributed by atoms with van der Waals surface area (Å²) in [6, 6.07) is 14.4. The normalized spacial score (nSPS) is 12.5. The van der Waals surface area contributed by atoms with E-state index in [4.69, 9.17) is 5.73 Å². The third kappa shape index (κ3) is 2.89. The summed E-state index contributed by atoms with van der Waals surface area (Å²) in [6.07, 6.45) is 0. The van der Waals surface area contributed by atoms with Crippen molar-refractivity contribution in [1.82, 2.24) is 0 Å². The SMILES string of the molecule is Cc1ccccc1C(N)c1cc(I)ccc1Br. The largest absolute Gasteiger partial charge is 0.320 e. The van der Waals surface area contributed by atoms with E-state index in [2.05, 4.69) is 75.8 Å². The molecule has 0 heterocycles. The monoisotopic (exact) mass is 401 g/mol. The Labute approximate surface area is 124 Å². The predicted molar refractivity (Wildman–Crippen MR) is 84.1 cm³/mol. The van der Waals surface area contributed by atoms with Crippen molar-refractivity contribution in [2.75, 3.05) is 0 Å². The highest BCUT2D eigenvalue weighted by molar-refractivity contribution is 14.1. The van der Waals surface area contributed by atoms with Gasteiger partial charge in [0.25, 0.3) is 0 Å². The molecule has 1 unspecified atom stereocenters. The molecule has 2 rings (SSSR count). The summed E-state index contributed by atoms with van der Waals surface area (Å²) in [5.74, 6) is 0. The van der Waals surface area contributed by atoms with Gasteiger partial charge in [0, 0.05) is 8.04 Å². The van der Waals surface area contributed by atoms with Gasteiger partial charge in [0.1, 0.15) is 0 Å². The highest BCUT2D eigenvalue weighted by Gasteiger charge is 2.14. The van der Waals surface area contributed by atoms with Crippen LogP contribution < -0.4 is 5.73 Å². The molecule has 0 bridgehead atoms. The maximum atomic E-state index is 6.35. The van der Waals surface area contributed by atoms with Crippen LogP contribution in [0.2, 0.25) is 0 Å². The molecular weight excluding hydrogens is 389 g/mol. The van der Waals surface area contributed by atoms with Crippen molar-refractivity contribution >= 4 is 38.5 Å². The molecule has 0 radical (unpaired) electrons. The van der Waals surface area contributed by atoms with Gasteiger partial charge in [0.15, 0.2) is 0 Å². The summed E-state index contributed by atoms with van der Waals surface area (Å²) in [5.41, 5.74) is 9.89. The molecule has 0 fully saturated rings. The number of rotatable bonds is 2. The van der Waals surface area contributed by atoms with Gasteiger partial charge in [0.05, 0.1) is 6.04 Å². The van der Waals surface area contributed by atoms with Gasteiger partial charge in [0.2, 0.25) is 0 Å². The standard InChI is InChI=1S/C14H13BrIN/c1-9-4-2-3-5-11(9)14(17)12-8-10(16)6-7-13(12)15/h2-8,14H,17H2,1H3. The molecule has 2 N–H and O–H groups in total. The molecule has 1 atom stereocenters. The number of hydrogen-bond acceptors (Lipinski definition) is 1. The first kappa shape index (κ1) is 13.1. The fraction of sp³-hybridized carbons (Fsp3) is 0.143. The fourth-order valence-corrected chi connectivity index (χ4v) is 2.86. The number of halogens is 2. The lowest BCUT2D eigenvalue weighted by molar-refractivity contribution is 0.855. The Morgan fingerprint density at radius 3 is 2.53 bits per heavy atom. The Bertz CT molecular complexity index is 539. The van der Waals surface area contributed by atoms with Crippen molar-refractivity contribution in [1.29, 1.82) is 0 Å². The van der Waals surface area contributed by atoms with Crippen LogP contribution in [0.1, 0.15) is 22.7 Å². The molecule has 1 nitrogen and oxygen atoms in total. The van der Waals surface area contributed by atoms with Gasteiger partial charge in [-0.2, -0.15) is 0 Å². The maximum Gasteiger partial charge on any atom is 0.0565 e. The number of nitrogens with two attached hydrogens (primary N) is 1. The van der Waals surface area contributed by atoms with Crippen LogP contribution >= 0.6 is 38.5 Å². The van der Waals surface area contributed by atoms with E-state index in [0.29, 0.717) is 0 Å². The Hall–Kier alpha value is -0.390. The Kier molecular flexibility index (Phi) is 4.22. The first-order valence-electron chi connectivity index (χ1n) is 5.35. The molecule has 2 aromatic rings. The third-order valence-electron chi connectivity index (χ3n) is 2.82. The van der Waals surface area contributed by atoms with Crippen molar-refractivity contribution in [2.45, 2.75) is 13.0 Å². The zero-order valence-corrected chi connectivity index (χ0v) is 13.2. The number of hydrogen-bond donors (Lipinski definition) is 1. The lowest BCUT2D eigenvalue weighted by atomic mass is 9.96. The van der Waals surface area contributed by atoms with Gasteiger partial charge in [-0.25, -0.2) is 0 Å². The van der Waals surface area contributed by atoms with Crippen LogP contribution in [0.5, 0.6) is 0 Å². The molecule has 88 valence electrons. The van der Waals surface area contributed by atoms with Crippen LogP contribution in [0.3, 0.4) is 0 Å². The van der Waals surface area contributed by atoms with Crippen molar-refractivity contribution in [3.05, 3.63) is 67.2 Å². The predicted octanol–water partition coefficient (Wildman–Crippen LogP) is 4.41. The van der Waals surface area contributed by atoms with Crippen molar-refractivity contribution in [2.24, 2.45) is 5.73 Å². The van der Waals surface area contributed by atoms with E-state index in [1.165, 1.54) is 14.7 Å². The minimum Gasteiger partial charge on any atom is -0.320 e. The topological polar surface area (TPSA) is 26.0 Å². The molecule has 0 aliphatic carbocycles. The quantitative estimate of drug-likeness (QED) is 0.741. The first-order chi connectivity index (χ1) is 8.09. The van der Waals surface area contributed by atoms with E-state index in [1.54, 1.807) is 0 Å². The molecule has 0 amide bonds. The van der Waals surface area contributed by atoms with Crippen LogP contribution in [0.15, 0.2) is 46.9 Å². The molecule has 0 saturated heterocycles. The molecule has 2 aromatic carbocycles. The summed E-state index contributed by atoms with van der Waals surface area (Å²) in [5, 5.41) is 0. The lowest BCUT2D eigenvalue weighted by Gasteiger charge is -2.17. The van der Waals surface area contributed by atoms with Crippen LogP contribution in [-0.2, 0) is 0 Å². The van der Waals surface area contributed by atoms with Gasteiger partial charge in [-0.05, 0) is 64.4 Å². The molecular formula is C14H13BrIN. The van der Waals surface area contributed by atoms with E-state index in [9.17, 15) is 0 Å². The molecule has 0 aliphatic rings. The first-order valence-corrected chi connectivity index (χ1v) is 7.23. The summed E-state index contributed by atoms with van der Waals surface area (Å²) in [6.45, 7) is 2.09. The zero-order chi connectivity index (χ0) is 12.4. The second-order valence-corrected chi connectivity index (χ2v) is 6.10. The molecule has 17 heavy (non-hydrogen) atoms. The van der Waals surface area contributed by atoms with Crippen LogP contribution in [0.25, 0.3) is 0 Å². The summed E-state index contributed by atoms with van der Waals surface area (Å²) in [7, 11) is 0. The number of aryl methyl sites for hydroxylation is 1.